The molecule has 1 fully saturated rings. The molecule has 0 saturated carbocycles. The molecule has 31 heavy (non-hydrogen) atoms. The molecular weight excluding hydrogens is 434 g/mol. The van der Waals surface area contributed by atoms with E-state index in [1.54, 1.807) is 21.3 Å². The molecule has 0 unspecified atom stereocenters. The highest BCUT2D eigenvalue weighted by Crippen LogP contribution is 2.23. The Labute approximate surface area is 187 Å². The van der Waals surface area contributed by atoms with Crippen molar-refractivity contribution in [2.45, 2.75) is 38.9 Å². The van der Waals surface area contributed by atoms with Gasteiger partial charge in [0.2, 0.25) is 10.0 Å². The molecule has 4 rings (SSSR count). The van der Waals surface area contributed by atoms with E-state index < -0.39 is 10.0 Å². The zero-order valence-electron chi connectivity index (χ0n) is 18.0. The molecule has 0 atom stereocenters. The lowest BCUT2D eigenvalue weighted by atomic mass is 10.2. The molecule has 0 spiro atoms. The molecule has 3 heterocycles. The third-order valence-electron chi connectivity index (χ3n) is 5.61. The van der Waals surface area contributed by atoms with Gasteiger partial charge in [-0.3, -0.25) is 9.47 Å². The summed E-state index contributed by atoms with van der Waals surface area (Å²) >= 11 is 5.62. The smallest absolute Gasteiger partial charge is 0.243 e. The summed E-state index contributed by atoms with van der Waals surface area (Å²) in [6.07, 6.45) is 1.62. The number of hydrogen-bond donors (Lipinski definition) is 0. The molecule has 0 bridgehead atoms. The van der Waals surface area contributed by atoms with Crippen LogP contribution in [-0.2, 0) is 23.2 Å². The van der Waals surface area contributed by atoms with E-state index in [4.69, 9.17) is 16.6 Å². The van der Waals surface area contributed by atoms with Crippen LogP contribution < -0.4 is 0 Å². The van der Waals surface area contributed by atoms with Crippen molar-refractivity contribution in [1.29, 1.82) is 0 Å². The summed E-state index contributed by atoms with van der Waals surface area (Å²) in [5.41, 5.74) is 1.71. The molecule has 1 aliphatic heterocycles. The maximum absolute atomic E-state index is 13.2. The SMILES string of the molecule is CCn1c(-c2ccco2)nn(CN2CCN(S(=O)(=O)c3cc(C)ccc3C)CC2)c1=S. The lowest BCUT2D eigenvalue weighted by Crippen LogP contribution is -2.49. The second-order valence-corrected chi connectivity index (χ2v) is 10.0. The highest BCUT2D eigenvalue weighted by molar-refractivity contribution is 7.89. The van der Waals surface area contributed by atoms with Gasteiger partial charge in [0.05, 0.1) is 17.8 Å². The third kappa shape index (κ3) is 4.25. The molecule has 1 aliphatic rings. The first-order chi connectivity index (χ1) is 14.8. The number of aryl methyl sites for hydroxylation is 2. The molecule has 8 nitrogen and oxygen atoms in total. The van der Waals surface area contributed by atoms with Crippen LogP contribution in [0.4, 0.5) is 0 Å². The highest BCUT2D eigenvalue weighted by Gasteiger charge is 2.30. The van der Waals surface area contributed by atoms with Gasteiger partial charge in [0.25, 0.3) is 0 Å². The summed E-state index contributed by atoms with van der Waals surface area (Å²) in [6, 6.07) is 9.24. The molecule has 3 aromatic rings. The molecule has 0 amide bonds. The van der Waals surface area contributed by atoms with Crippen LogP contribution in [0.5, 0.6) is 0 Å². The topological polar surface area (TPSA) is 76.5 Å². The second kappa shape index (κ2) is 8.70. The Morgan fingerprint density at radius 3 is 2.52 bits per heavy atom. The van der Waals surface area contributed by atoms with Crippen molar-refractivity contribution in [3.63, 3.8) is 0 Å². The fraction of sp³-hybridized carbons (Fsp3) is 0.429. The van der Waals surface area contributed by atoms with E-state index in [0.29, 0.717) is 60.6 Å². The van der Waals surface area contributed by atoms with Gasteiger partial charge in [0.1, 0.15) is 0 Å². The number of hydrogen-bond acceptors (Lipinski definition) is 6. The Morgan fingerprint density at radius 2 is 1.87 bits per heavy atom. The summed E-state index contributed by atoms with van der Waals surface area (Å²) in [6.45, 7) is 9.06. The van der Waals surface area contributed by atoms with Gasteiger partial charge in [-0.1, -0.05) is 12.1 Å². The van der Waals surface area contributed by atoms with Crippen molar-refractivity contribution in [2.75, 3.05) is 26.2 Å². The fourth-order valence-corrected chi connectivity index (χ4v) is 5.88. The first-order valence-electron chi connectivity index (χ1n) is 10.3. The molecular formula is C21H27N5O3S2. The van der Waals surface area contributed by atoms with Crippen LogP contribution in [0.3, 0.4) is 0 Å². The van der Waals surface area contributed by atoms with E-state index in [0.717, 1.165) is 11.1 Å². The van der Waals surface area contributed by atoms with Crippen molar-refractivity contribution < 1.29 is 12.8 Å². The first-order valence-corrected chi connectivity index (χ1v) is 12.2. The first kappa shape index (κ1) is 21.9. The molecule has 1 saturated heterocycles. The van der Waals surface area contributed by atoms with Crippen molar-refractivity contribution in [1.82, 2.24) is 23.6 Å². The Morgan fingerprint density at radius 1 is 1.13 bits per heavy atom. The number of sulfonamides is 1. The Hall–Kier alpha value is -2.27. The molecule has 0 N–H and O–H groups in total. The monoisotopic (exact) mass is 461 g/mol. The van der Waals surface area contributed by atoms with Crippen LogP contribution in [-0.4, -0.2) is 58.1 Å². The normalized spacial score (nSPS) is 16.1. The van der Waals surface area contributed by atoms with E-state index in [9.17, 15) is 8.42 Å². The van der Waals surface area contributed by atoms with E-state index in [1.165, 1.54) is 0 Å². The number of piperazine rings is 1. The van der Waals surface area contributed by atoms with E-state index >= 15 is 0 Å². The summed E-state index contributed by atoms with van der Waals surface area (Å²) < 4.78 is 37.7. The summed E-state index contributed by atoms with van der Waals surface area (Å²) in [5.74, 6) is 1.38. The van der Waals surface area contributed by atoms with Gasteiger partial charge in [-0.25, -0.2) is 13.1 Å². The average Bonchev–Trinajstić information content (AvgIpc) is 3.38. The predicted molar refractivity (Wildman–Crippen MR) is 121 cm³/mol. The largest absolute Gasteiger partial charge is 0.461 e. The fourth-order valence-electron chi connectivity index (χ4n) is 3.83. The van der Waals surface area contributed by atoms with Crippen LogP contribution in [0.15, 0.2) is 45.9 Å². The lowest BCUT2D eigenvalue weighted by molar-refractivity contribution is 0.144. The van der Waals surface area contributed by atoms with Gasteiger partial charge >= 0.3 is 0 Å². The lowest BCUT2D eigenvalue weighted by Gasteiger charge is -2.34. The predicted octanol–water partition coefficient (Wildman–Crippen LogP) is 3.27. The van der Waals surface area contributed by atoms with Gasteiger partial charge < -0.3 is 4.42 Å². The second-order valence-electron chi connectivity index (χ2n) is 7.76. The van der Waals surface area contributed by atoms with Crippen LogP contribution in [0.25, 0.3) is 11.6 Å². The Balaban J connectivity index is 1.48. The Bertz CT molecular complexity index is 1220. The van der Waals surface area contributed by atoms with Crippen LogP contribution in [0.2, 0.25) is 0 Å². The van der Waals surface area contributed by atoms with Crippen molar-refractivity contribution in [2.24, 2.45) is 0 Å². The third-order valence-corrected chi connectivity index (χ3v) is 8.08. The van der Waals surface area contributed by atoms with Crippen LogP contribution in [0, 0.1) is 18.6 Å². The molecule has 0 aliphatic carbocycles. The minimum Gasteiger partial charge on any atom is -0.461 e. The number of rotatable bonds is 6. The van der Waals surface area contributed by atoms with Crippen LogP contribution >= 0.6 is 12.2 Å². The minimum atomic E-state index is -3.51. The standard InChI is InChI=1S/C21H27N5O3S2/c1-4-25-20(18-6-5-13-29-18)22-26(21(25)30)15-23-9-11-24(12-10-23)31(27,28)19-14-16(2)7-8-17(19)3/h5-8,13-14H,4,9-12,15H2,1-3H3. The molecule has 1 aromatic carbocycles. The van der Waals surface area contributed by atoms with Gasteiger partial charge in [0.15, 0.2) is 16.4 Å². The molecule has 0 radical (unpaired) electrons. The number of furan rings is 1. The number of aromatic nitrogens is 3. The zero-order chi connectivity index (χ0) is 22.2. The highest BCUT2D eigenvalue weighted by atomic mass is 32.2. The molecule has 2 aromatic heterocycles. The minimum absolute atomic E-state index is 0.396. The van der Waals surface area contributed by atoms with Gasteiger partial charge in [-0.15, -0.1) is 5.10 Å². The number of benzene rings is 1. The summed E-state index contributed by atoms with van der Waals surface area (Å²) in [4.78, 5) is 2.57. The number of nitrogens with zero attached hydrogens (tertiary/aromatic N) is 5. The summed E-state index contributed by atoms with van der Waals surface area (Å²) in [5, 5.41) is 4.66. The van der Waals surface area contributed by atoms with Gasteiger partial charge in [0, 0.05) is 32.7 Å². The van der Waals surface area contributed by atoms with E-state index in [-0.39, 0.29) is 0 Å². The van der Waals surface area contributed by atoms with Crippen molar-refractivity contribution in [3.05, 3.63) is 52.5 Å². The zero-order valence-corrected chi connectivity index (χ0v) is 19.6. The summed E-state index contributed by atoms with van der Waals surface area (Å²) in [7, 11) is -3.51. The maximum atomic E-state index is 13.2. The van der Waals surface area contributed by atoms with E-state index in [2.05, 4.69) is 10.00 Å². The molecule has 166 valence electrons. The average molecular weight is 462 g/mol. The van der Waals surface area contributed by atoms with Crippen molar-refractivity contribution in [3.8, 4) is 11.6 Å². The quantitative estimate of drug-likeness (QED) is 0.525. The van der Waals surface area contributed by atoms with Gasteiger partial charge in [-0.2, -0.15) is 4.31 Å². The van der Waals surface area contributed by atoms with Crippen LogP contribution in [0.1, 0.15) is 18.1 Å². The molecule has 10 heteroatoms. The Kier molecular flexibility index (Phi) is 6.16. The maximum Gasteiger partial charge on any atom is 0.243 e. The van der Waals surface area contributed by atoms with Crippen molar-refractivity contribution >= 4 is 22.2 Å². The van der Waals surface area contributed by atoms with E-state index in [1.807, 2.05) is 49.6 Å². The van der Waals surface area contributed by atoms with Gasteiger partial charge in [-0.05, 0) is 62.3 Å².